The lowest BCUT2D eigenvalue weighted by molar-refractivity contribution is -0.115. The van der Waals surface area contributed by atoms with E-state index in [0.29, 0.717) is 35.6 Å². The summed E-state index contributed by atoms with van der Waals surface area (Å²) < 4.78 is 13.8. The normalized spacial score (nSPS) is 15.5. The lowest BCUT2D eigenvalue weighted by Gasteiger charge is -2.26. The maximum Gasteiger partial charge on any atom is 0.237 e. The molecule has 1 amide bonds. The van der Waals surface area contributed by atoms with Crippen LogP contribution in [0.4, 0.5) is 11.4 Å². The van der Waals surface area contributed by atoms with Crippen LogP contribution in [0.5, 0.6) is 11.5 Å². The molecule has 9 heteroatoms. The van der Waals surface area contributed by atoms with Crippen molar-refractivity contribution in [2.75, 3.05) is 30.9 Å². The Balaban J connectivity index is 1.46. The maximum atomic E-state index is 12.8. The number of hydrogen-bond donors (Lipinski definition) is 1. The molecule has 1 aliphatic rings. The summed E-state index contributed by atoms with van der Waals surface area (Å²) in [5.74, 6) is 1.91. The largest absolute Gasteiger partial charge is 0.485 e. The van der Waals surface area contributed by atoms with Gasteiger partial charge in [0, 0.05) is 32.0 Å². The molecule has 0 saturated heterocycles. The molecule has 172 valence electrons. The van der Waals surface area contributed by atoms with Gasteiger partial charge in [0.05, 0.1) is 5.25 Å². The first-order valence-corrected chi connectivity index (χ1v) is 11.5. The van der Waals surface area contributed by atoms with Crippen LogP contribution in [-0.4, -0.2) is 46.6 Å². The Morgan fingerprint density at radius 2 is 1.97 bits per heavy atom. The van der Waals surface area contributed by atoms with Gasteiger partial charge in [-0.1, -0.05) is 30.0 Å². The molecule has 0 saturated carbocycles. The molecule has 1 N–H and O–H groups in total. The highest BCUT2D eigenvalue weighted by molar-refractivity contribution is 8.00. The molecule has 2 atom stereocenters. The number of amides is 1. The third-order valence-electron chi connectivity index (χ3n) is 5.16. The van der Waals surface area contributed by atoms with Gasteiger partial charge in [-0.2, -0.15) is 0 Å². The molecule has 1 aliphatic heterocycles. The van der Waals surface area contributed by atoms with Crippen molar-refractivity contribution in [2.45, 2.75) is 30.0 Å². The zero-order valence-electron chi connectivity index (χ0n) is 18.9. The summed E-state index contributed by atoms with van der Waals surface area (Å²) in [6.45, 7) is 6.51. The number of benzene rings is 2. The number of carbonyl (C=O) groups excluding carboxylic acids is 1. The number of aromatic nitrogens is 3. The van der Waals surface area contributed by atoms with E-state index in [0.717, 1.165) is 11.4 Å². The predicted octanol–water partition coefficient (Wildman–Crippen LogP) is 4.16. The first-order chi connectivity index (χ1) is 16.0. The Morgan fingerprint density at radius 3 is 2.67 bits per heavy atom. The molecular formula is C24H27N5O3S. The van der Waals surface area contributed by atoms with Crippen molar-refractivity contribution in [1.29, 1.82) is 0 Å². The molecule has 0 radical (unpaired) electrons. The number of ether oxygens (including phenoxy) is 2. The van der Waals surface area contributed by atoms with Crippen LogP contribution in [0.3, 0.4) is 0 Å². The van der Waals surface area contributed by atoms with Gasteiger partial charge < -0.3 is 19.7 Å². The number of anilines is 2. The molecule has 1 aromatic heterocycles. The van der Waals surface area contributed by atoms with E-state index in [-0.39, 0.29) is 11.2 Å². The number of nitrogens with zero attached hydrogens (tertiary/aromatic N) is 4. The summed E-state index contributed by atoms with van der Waals surface area (Å²) in [4.78, 5) is 14.8. The van der Waals surface area contributed by atoms with Crippen LogP contribution in [0.2, 0.25) is 0 Å². The second-order valence-corrected chi connectivity index (χ2v) is 9.10. The Kier molecular flexibility index (Phi) is 6.88. The van der Waals surface area contributed by atoms with Crippen LogP contribution >= 0.6 is 11.8 Å². The van der Waals surface area contributed by atoms with Gasteiger partial charge in [-0.15, -0.1) is 16.8 Å². The van der Waals surface area contributed by atoms with Gasteiger partial charge in [-0.3, -0.25) is 9.36 Å². The molecule has 4 rings (SSSR count). The smallest absolute Gasteiger partial charge is 0.237 e. The van der Waals surface area contributed by atoms with Gasteiger partial charge in [0.15, 0.2) is 28.6 Å². The molecule has 2 unspecified atom stereocenters. The van der Waals surface area contributed by atoms with E-state index < -0.39 is 6.10 Å². The van der Waals surface area contributed by atoms with Crippen molar-refractivity contribution in [3.63, 3.8) is 0 Å². The van der Waals surface area contributed by atoms with Gasteiger partial charge in [0.25, 0.3) is 0 Å². The zero-order chi connectivity index (χ0) is 23.4. The molecule has 0 fully saturated rings. The topological polar surface area (TPSA) is 81.5 Å². The number of fused-ring (bicyclic) bond motifs is 1. The van der Waals surface area contributed by atoms with E-state index >= 15 is 0 Å². The minimum absolute atomic E-state index is 0.113. The van der Waals surface area contributed by atoms with Crippen molar-refractivity contribution in [3.8, 4) is 11.5 Å². The number of hydrogen-bond acceptors (Lipinski definition) is 7. The molecule has 33 heavy (non-hydrogen) atoms. The molecule has 0 bridgehead atoms. The van der Waals surface area contributed by atoms with E-state index in [2.05, 4.69) is 22.1 Å². The zero-order valence-corrected chi connectivity index (χ0v) is 19.7. The van der Waals surface area contributed by atoms with Gasteiger partial charge in [0.2, 0.25) is 5.91 Å². The van der Waals surface area contributed by atoms with E-state index in [1.807, 2.05) is 79.0 Å². The monoisotopic (exact) mass is 465 g/mol. The van der Waals surface area contributed by atoms with Crippen molar-refractivity contribution >= 4 is 29.0 Å². The van der Waals surface area contributed by atoms with Crippen molar-refractivity contribution in [2.24, 2.45) is 0 Å². The lowest BCUT2D eigenvalue weighted by Crippen LogP contribution is -2.25. The summed E-state index contributed by atoms with van der Waals surface area (Å²) in [7, 11) is 3.95. The summed E-state index contributed by atoms with van der Waals surface area (Å²) in [5, 5.41) is 11.9. The summed E-state index contributed by atoms with van der Waals surface area (Å²) in [6.07, 6.45) is 1.37. The molecule has 2 heterocycles. The van der Waals surface area contributed by atoms with Gasteiger partial charge in [-0.25, -0.2) is 0 Å². The first-order valence-electron chi connectivity index (χ1n) is 10.6. The van der Waals surface area contributed by atoms with Crippen LogP contribution in [0, 0.1) is 0 Å². The SMILES string of the molecule is C=CCn1c(SC(C)C(=O)Nc2ccc(N(C)C)cc2)nnc1C1COc2ccccc2O1. The molecule has 8 nitrogen and oxygen atoms in total. The second kappa shape index (κ2) is 9.99. The number of nitrogens with one attached hydrogen (secondary N) is 1. The number of rotatable bonds is 8. The maximum absolute atomic E-state index is 12.8. The highest BCUT2D eigenvalue weighted by atomic mass is 32.2. The molecule has 3 aromatic rings. The number of carbonyl (C=O) groups is 1. The Labute approximate surface area is 197 Å². The fourth-order valence-corrected chi connectivity index (χ4v) is 4.24. The van der Waals surface area contributed by atoms with Crippen LogP contribution < -0.4 is 19.7 Å². The van der Waals surface area contributed by atoms with Crippen LogP contribution in [0.25, 0.3) is 0 Å². The third-order valence-corrected chi connectivity index (χ3v) is 6.24. The van der Waals surface area contributed by atoms with E-state index in [1.54, 1.807) is 6.08 Å². The number of para-hydroxylation sites is 2. The molecular weight excluding hydrogens is 438 g/mol. The lowest BCUT2D eigenvalue weighted by atomic mass is 10.2. The Morgan fingerprint density at radius 1 is 1.24 bits per heavy atom. The average molecular weight is 466 g/mol. The highest BCUT2D eigenvalue weighted by Gasteiger charge is 2.29. The second-order valence-electron chi connectivity index (χ2n) is 7.79. The van der Waals surface area contributed by atoms with Crippen molar-refractivity contribution < 1.29 is 14.3 Å². The van der Waals surface area contributed by atoms with Crippen LogP contribution in [0.1, 0.15) is 18.9 Å². The molecule has 0 spiro atoms. The van der Waals surface area contributed by atoms with Crippen molar-refractivity contribution in [1.82, 2.24) is 14.8 Å². The van der Waals surface area contributed by atoms with Crippen molar-refractivity contribution in [3.05, 3.63) is 67.0 Å². The summed E-state index contributed by atoms with van der Waals surface area (Å²) in [5.41, 5.74) is 1.81. The third kappa shape index (κ3) is 5.14. The first kappa shape index (κ1) is 22.7. The van der Waals surface area contributed by atoms with E-state index in [9.17, 15) is 4.79 Å². The standard InChI is InChI=1S/C24H27N5O3S/c1-5-14-29-22(21-15-31-19-8-6-7-9-20(19)32-21)26-27-24(29)33-16(2)23(30)25-17-10-12-18(13-11-17)28(3)4/h5-13,16,21H,1,14-15H2,2-4H3,(H,25,30). The van der Waals surface area contributed by atoms with Gasteiger partial charge in [-0.05, 0) is 43.3 Å². The predicted molar refractivity (Wildman–Crippen MR) is 130 cm³/mol. The van der Waals surface area contributed by atoms with Gasteiger partial charge in [0.1, 0.15) is 6.61 Å². The summed E-state index contributed by atoms with van der Waals surface area (Å²) >= 11 is 1.34. The molecule has 2 aromatic carbocycles. The van der Waals surface area contributed by atoms with E-state index in [4.69, 9.17) is 9.47 Å². The minimum Gasteiger partial charge on any atom is -0.485 e. The van der Waals surface area contributed by atoms with E-state index in [1.165, 1.54) is 11.8 Å². The quantitative estimate of drug-likeness (QED) is 0.395. The number of thioether (sulfide) groups is 1. The fourth-order valence-electron chi connectivity index (χ4n) is 3.37. The Bertz CT molecular complexity index is 1130. The van der Waals surface area contributed by atoms with Gasteiger partial charge >= 0.3 is 0 Å². The molecule has 0 aliphatic carbocycles. The van der Waals surface area contributed by atoms with Crippen LogP contribution in [-0.2, 0) is 11.3 Å². The van der Waals surface area contributed by atoms with Crippen LogP contribution in [0.15, 0.2) is 66.3 Å². The minimum atomic E-state index is -0.402. The fraction of sp³-hybridized carbons (Fsp3) is 0.292. The Hall–Kier alpha value is -3.46. The highest BCUT2D eigenvalue weighted by Crippen LogP contribution is 2.36. The average Bonchev–Trinajstić information content (AvgIpc) is 3.21. The number of allylic oxidation sites excluding steroid dienone is 1. The summed E-state index contributed by atoms with van der Waals surface area (Å²) in [6, 6.07) is 15.2.